The van der Waals surface area contributed by atoms with Crippen LogP contribution in [0, 0.1) is 23.3 Å². The van der Waals surface area contributed by atoms with Crippen molar-refractivity contribution in [2.24, 2.45) is 0 Å². The molecule has 0 aliphatic heterocycles. The minimum absolute atomic E-state index is 0.165. The molecular formula is C10H11F5OSi. The van der Waals surface area contributed by atoms with Crippen LogP contribution in [0.2, 0.25) is 0 Å². The fourth-order valence-corrected chi connectivity index (χ4v) is 1.46. The summed E-state index contributed by atoms with van der Waals surface area (Å²) < 4.78 is 70.5. The van der Waals surface area contributed by atoms with Crippen molar-refractivity contribution < 1.29 is 26.4 Å². The average molecular weight is 270 g/mol. The Morgan fingerprint density at radius 2 is 1.65 bits per heavy atom. The van der Waals surface area contributed by atoms with E-state index in [0.717, 1.165) is 0 Å². The van der Waals surface area contributed by atoms with Crippen LogP contribution in [0.15, 0.2) is 6.07 Å². The van der Waals surface area contributed by atoms with Gasteiger partial charge in [0.25, 0.3) is 0 Å². The van der Waals surface area contributed by atoms with Crippen LogP contribution in [0.1, 0.15) is 25.6 Å². The molecular weight excluding hydrogens is 259 g/mol. The quantitative estimate of drug-likeness (QED) is 0.354. The van der Waals surface area contributed by atoms with Crippen LogP contribution in [0.5, 0.6) is 0 Å². The molecule has 17 heavy (non-hydrogen) atoms. The summed E-state index contributed by atoms with van der Waals surface area (Å²) in [5, 5.41) is 0. The van der Waals surface area contributed by atoms with E-state index in [1.54, 1.807) is 0 Å². The first kappa shape index (κ1) is 14.1. The molecule has 0 aliphatic rings. The molecule has 1 aromatic rings. The Morgan fingerprint density at radius 1 is 1.12 bits per heavy atom. The zero-order chi connectivity index (χ0) is 13.4. The molecule has 0 N–H and O–H groups in total. The van der Waals surface area contributed by atoms with Gasteiger partial charge in [0, 0.05) is 5.56 Å². The maximum Gasteiger partial charge on any atom is 0.197 e. The summed E-state index contributed by atoms with van der Waals surface area (Å²) in [6.07, 6.45) is -2.09. The van der Waals surface area contributed by atoms with Gasteiger partial charge in [-0.25, -0.2) is 22.0 Å². The van der Waals surface area contributed by atoms with Gasteiger partial charge in [-0.15, -0.1) is 0 Å². The van der Waals surface area contributed by atoms with Gasteiger partial charge in [-0.3, -0.25) is 0 Å². The molecule has 0 aliphatic carbocycles. The van der Waals surface area contributed by atoms with Crippen LogP contribution < -0.4 is 0 Å². The van der Waals surface area contributed by atoms with Gasteiger partial charge in [0.05, 0.1) is 5.60 Å². The van der Waals surface area contributed by atoms with E-state index < -0.39 is 40.6 Å². The molecule has 0 saturated heterocycles. The number of alkyl halides is 1. The monoisotopic (exact) mass is 270 g/mol. The van der Waals surface area contributed by atoms with E-state index in [2.05, 4.69) is 0 Å². The molecule has 1 atom stereocenters. The SMILES string of the molecule is CC(C)(O[SiH3])C(F)c1cc(F)c(F)c(F)c1F. The summed E-state index contributed by atoms with van der Waals surface area (Å²) >= 11 is 0. The smallest absolute Gasteiger partial charge is 0.197 e. The average Bonchev–Trinajstić information content (AvgIpc) is 2.30. The van der Waals surface area contributed by atoms with Gasteiger partial charge in [0.15, 0.2) is 29.4 Å². The number of hydrogen-bond donors (Lipinski definition) is 0. The molecule has 0 bridgehead atoms. The number of hydrogen-bond acceptors (Lipinski definition) is 1. The molecule has 0 radical (unpaired) electrons. The third kappa shape index (κ3) is 2.49. The van der Waals surface area contributed by atoms with Crippen molar-refractivity contribution in [2.75, 3.05) is 0 Å². The topological polar surface area (TPSA) is 9.23 Å². The second-order valence-corrected chi connectivity index (χ2v) is 4.47. The van der Waals surface area contributed by atoms with Crippen LogP contribution in [0.25, 0.3) is 0 Å². The highest BCUT2D eigenvalue weighted by atomic mass is 28.2. The van der Waals surface area contributed by atoms with Crippen LogP contribution in [-0.2, 0) is 4.43 Å². The molecule has 1 unspecified atom stereocenters. The highest BCUT2D eigenvalue weighted by Crippen LogP contribution is 2.35. The molecule has 1 aromatic carbocycles. The Bertz CT molecular complexity index is 435. The first-order valence-corrected chi connectivity index (χ1v) is 5.56. The number of benzene rings is 1. The van der Waals surface area contributed by atoms with Gasteiger partial charge in [0.1, 0.15) is 10.5 Å². The Balaban J connectivity index is 3.33. The van der Waals surface area contributed by atoms with Gasteiger partial charge in [0.2, 0.25) is 0 Å². The summed E-state index contributed by atoms with van der Waals surface area (Å²) in [6, 6.07) is 0.306. The summed E-state index contributed by atoms with van der Waals surface area (Å²) in [6.45, 7) is 2.62. The van der Waals surface area contributed by atoms with Gasteiger partial charge in [-0.2, -0.15) is 0 Å². The third-order valence-electron chi connectivity index (χ3n) is 2.54. The second-order valence-electron chi connectivity index (χ2n) is 4.06. The van der Waals surface area contributed by atoms with E-state index >= 15 is 0 Å². The molecule has 0 spiro atoms. The Hall–Kier alpha value is -0.953. The molecule has 7 heteroatoms. The predicted molar refractivity (Wildman–Crippen MR) is 55.2 cm³/mol. The fourth-order valence-electron chi connectivity index (χ4n) is 1.25. The van der Waals surface area contributed by atoms with Crippen molar-refractivity contribution >= 4 is 10.5 Å². The summed E-state index contributed by atoms with van der Waals surface area (Å²) in [5.41, 5.74) is -2.31. The van der Waals surface area contributed by atoms with Crippen LogP contribution >= 0.6 is 0 Å². The van der Waals surface area contributed by atoms with Crippen LogP contribution in [0.4, 0.5) is 22.0 Å². The van der Waals surface area contributed by atoms with Crippen molar-refractivity contribution in [3.8, 4) is 0 Å². The molecule has 1 rings (SSSR count). The predicted octanol–water partition coefficient (Wildman–Crippen LogP) is 2.33. The van der Waals surface area contributed by atoms with E-state index in [1.807, 2.05) is 0 Å². The largest absolute Gasteiger partial charge is 0.420 e. The number of halogens is 5. The minimum Gasteiger partial charge on any atom is -0.420 e. The first-order chi connectivity index (χ1) is 7.72. The molecule has 0 amide bonds. The summed E-state index contributed by atoms with van der Waals surface area (Å²) in [4.78, 5) is 0. The van der Waals surface area contributed by atoms with Crippen LogP contribution in [0.3, 0.4) is 0 Å². The Labute approximate surface area is 98.1 Å². The number of rotatable bonds is 3. The maximum absolute atomic E-state index is 13.9. The lowest BCUT2D eigenvalue weighted by atomic mass is 9.95. The van der Waals surface area contributed by atoms with E-state index in [0.29, 0.717) is 6.07 Å². The third-order valence-corrected chi connectivity index (χ3v) is 3.59. The Morgan fingerprint density at radius 3 is 2.12 bits per heavy atom. The summed E-state index contributed by atoms with van der Waals surface area (Å²) in [7, 11) is 0.165. The zero-order valence-corrected chi connectivity index (χ0v) is 11.5. The standard InChI is InChI=1S/C10H11F5OSi/c1-10(2,16-17)9(15)4-3-5(11)7(13)8(14)6(4)12/h3,9H,1-2,17H3. The van der Waals surface area contributed by atoms with Gasteiger partial charge in [-0.1, -0.05) is 0 Å². The lowest BCUT2D eigenvalue weighted by molar-refractivity contribution is 0.0246. The molecule has 1 nitrogen and oxygen atoms in total. The summed E-state index contributed by atoms with van der Waals surface area (Å²) in [5.74, 6) is -7.34. The zero-order valence-electron chi connectivity index (χ0n) is 9.45. The maximum atomic E-state index is 13.9. The highest BCUT2D eigenvalue weighted by molar-refractivity contribution is 5.98. The van der Waals surface area contributed by atoms with Crippen molar-refractivity contribution in [2.45, 2.75) is 25.6 Å². The van der Waals surface area contributed by atoms with Gasteiger partial charge in [-0.05, 0) is 19.9 Å². The van der Waals surface area contributed by atoms with E-state index in [9.17, 15) is 22.0 Å². The van der Waals surface area contributed by atoms with Gasteiger partial charge < -0.3 is 4.43 Å². The molecule has 0 aromatic heterocycles. The fraction of sp³-hybridized carbons (Fsp3) is 0.400. The lowest BCUT2D eigenvalue weighted by Crippen LogP contribution is -2.30. The highest BCUT2D eigenvalue weighted by Gasteiger charge is 2.34. The van der Waals surface area contributed by atoms with E-state index in [-0.39, 0.29) is 10.5 Å². The second kappa shape index (κ2) is 4.73. The van der Waals surface area contributed by atoms with Crippen LogP contribution in [-0.4, -0.2) is 16.1 Å². The van der Waals surface area contributed by atoms with E-state index in [4.69, 9.17) is 4.43 Å². The normalized spacial score (nSPS) is 14.1. The van der Waals surface area contributed by atoms with Gasteiger partial charge >= 0.3 is 0 Å². The van der Waals surface area contributed by atoms with Crippen molar-refractivity contribution in [3.63, 3.8) is 0 Å². The Kier molecular flexibility index (Phi) is 3.93. The lowest BCUT2D eigenvalue weighted by Gasteiger charge is -2.28. The van der Waals surface area contributed by atoms with Crippen molar-refractivity contribution in [3.05, 3.63) is 34.9 Å². The minimum atomic E-state index is -2.09. The van der Waals surface area contributed by atoms with Crippen molar-refractivity contribution in [1.82, 2.24) is 0 Å². The first-order valence-electron chi connectivity index (χ1n) is 4.74. The molecule has 0 heterocycles. The molecule has 0 saturated carbocycles. The molecule has 0 fully saturated rings. The molecule has 96 valence electrons. The van der Waals surface area contributed by atoms with Crippen molar-refractivity contribution in [1.29, 1.82) is 0 Å². The van der Waals surface area contributed by atoms with E-state index in [1.165, 1.54) is 13.8 Å².